The number of hydrogen-bond acceptors (Lipinski definition) is 4. The summed E-state index contributed by atoms with van der Waals surface area (Å²) in [4.78, 5) is 12.9. The number of nitrogens with zero attached hydrogens (tertiary/aromatic N) is 1. The topological polar surface area (TPSA) is 75.7 Å². The number of carbonyl (C=O) groups is 1. The van der Waals surface area contributed by atoms with Gasteiger partial charge in [0.15, 0.2) is 0 Å². The maximum Gasteiger partial charge on any atom is 0.264 e. The van der Waals surface area contributed by atoms with Gasteiger partial charge >= 0.3 is 0 Å². The molecule has 6 nitrogen and oxygen atoms in total. The quantitative estimate of drug-likeness (QED) is 0.594. The minimum atomic E-state index is -3.93. The van der Waals surface area contributed by atoms with Crippen molar-refractivity contribution in [2.75, 3.05) is 23.3 Å². The van der Waals surface area contributed by atoms with E-state index >= 15 is 0 Å². The number of methoxy groups -OCH3 is 1. The first-order valence-corrected chi connectivity index (χ1v) is 10.9. The van der Waals surface area contributed by atoms with Crippen LogP contribution < -0.4 is 9.62 Å². The number of para-hydroxylation sites is 1. The zero-order valence-electron chi connectivity index (χ0n) is 16.9. The molecule has 0 radical (unpaired) electrons. The van der Waals surface area contributed by atoms with Crippen molar-refractivity contribution in [2.45, 2.75) is 18.4 Å². The van der Waals surface area contributed by atoms with Gasteiger partial charge in [-0.3, -0.25) is 9.10 Å². The summed E-state index contributed by atoms with van der Waals surface area (Å²) in [6.07, 6.45) is 0. The van der Waals surface area contributed by atoms with Crippen LogP contribution in [0.4, 0.5) is 11.4 Å². The highest BCUT2D eigenvalue weighted by molar-refractivity contribution is 7.92. The fraction of sp³-hybridized carbons (Fsp3) is 0.174. The van der Waals surface area contributed by atoms with Crippen LogP contribution in [0.5, 0.6) is 0 Å². The van der Waals surface area contributed by atoms with Gasteiger partial charge in [0.2, 0.25) is 5.91 Å². The lowest BCUT2D eigenvalue weighted by Gasteiger charge is -2.25. The molecule has 30 heavy (non-hydrogen) atoms. The molecule has 0 unspecified atom stereocenters. The molecule has 1 amide bonds. The third-order valence-electron chi connectivity index (χ3n) is 4.52. The molecular weight excluding hydrogens is 400 g/mol. The molecule has 0 atom stereocenters. The van der Waals surface area contributed by atoms with Gasteiger partial charge in [0.25, 0.3) is 10.0 Å². The molecule has 0 saturated carbocycles. The summed E-state index contributed by atoms with van der Waals surface area (Å²) in [5, 5.41) is 2.78. The number of aryl methyl sites for hydroxylation is 1. The number of rotatable bonds is 8. The molecule has 1 N–H and O–H groups in total. The van der Waals surface area contributed by atoms with E-state index in [1.54, 1.807) is 49.6 Å². The van der Waals surface area contributed by atoms with Crippen molar-refractivity contribution in [1.82, 2.24) is 0 Å². The average molecular weight is 425 g/mol. The molecule has 0 fully saturated rings. The zero-order chi connectivity index (χ0) is 21.6. The van der Waals surface area contributed by atoms with Crippen molar-refractivity contribution in [3.63, 3.8) is 0 Å². The Morgan fingerprint density at radius 1 is 0.967 bits per heavy atom. The molecule has 0 aliphatic carbocycles. The molecular formula is C23H24N2O4S. The van der Waals surface area contributed by atoms with Gasteiger partial charge in [0.1, 0.15) is 6.54 Å². The van der Waals surface area contributed by atoms with Crippen LogP contribution in [0.1, 0.15) is 11.1 Å². The van der Waals surface area contributed by atoms with Gasteiger partial charge in [-0.05, 0) is 48.4 Å². The smallest absolute Gasteiger partial charge is 0.264 e. The van der Waals surface area contributed by atoms with Crippen LogP contribution in [0.15, 0.2) is 83.8 Å². The van der Waals surface area contributed by atoms with E-state index < -0.39 is 15.9 Å². The lowest BCUT2D eigenvalue weighted by Crippen LogP contribution is -2.38. The minimum absolute atomic E-state index is 0.128. The third-order valence-corrected chi connectivity index (χ3v) is 6.30. The number of hydrogen-bond donors (Lipinski definition) is 1. The van der Waals surface area contributed by atoms with E-state index in [0.717, 1.165) is 15.4 Å². The van der Waals surface area contributed by atoms with E-state index in [1.807, 2.05) is 31.2 Å². The summed E-state index contributed by atoms with van der Waals surface area (Å²) in [5.41, 5.74) is 2.70. The molecule has 3 aromatic rings. The Bertz CT molecular complexity index is 1110. The first-order valence-electron chi connectivity index (χ1n) is 9.43. The van der Waals surface area contributed by atoms with Crippen LogP contribution in [0, 0.1) is 6.92 Å². The molecule has 0 aromatic heterocycles. The number of nitrogens with one attached hydrogen (secondary N) is 1. The molecule has 0 saturated heterocycles. The van der Waals surface area contributed by atoms with Crippen molar-refractivity contribution in [1.29, 1.82) is 0 Å². The van der Waals surface area contributed by atoms with Gasteiger partial charge in [-0.2, -0.15) is 0 Å². The molecule has 0 bridgehead atoms. The van der Waals surface area contributed by atoms with E-state index in [4.69, 9.17) is 4.74 Å². The second kappa shape index (κ2) is 9.56. The van der Waals surface area contributed by atoms with Crippen LogP contribution in [-0.4, -0.2) is 28.0 Å². The summed E-state index contributed by atoms with van der Waals surface area (Å²) in [6.45, 7) is 1.88. The monoisotopic (exact) mass is 424 g/mol. The molecule has 7 heteroatoms. The molecule has 0 aliphatic heterocycles. The maximum absolute atomic E-state index is 13.3. The number of anilines is 2. The van der Waals surface area contributed by atoms with E-state index in [2.05, 4.69) is 5.32 Å². The summed E-state index contributed by atoms with van der Waals surface area (Å²) < 4.78 is 32.9. The Hall–Kier alpha value is -3.16. The standard InChI is InChI=1S/C23H24N2O4S/c1-18-9-6-7-14-22(18)25(30(27,28)21-12-4-3-5-13-21)16-23(26)24-20-11-8-10-19(15-20)17-29-2/h3-15H,16-17H2,1-2H3,(H,24,26). The second-order valence-electron chi connectivity index (χ2n) is 6.79. The van der Waals surface area contributed by atoms with Crippen molar-refractivity contribution in [2.24, 2.45) is 0 Å². The lowest BCUT2D eigenvalue weighted by atomic mass is 10.2. The molecule has 156 valence electrons. The second-order valence-corrected chi connectivity index (χ2v) is 8.66. The Labute approximate surface area is 177 Å². The predicted octanol–water partition coefficient (Wildman–Crippen LogP) is 3.98. The first-order chi connectivity index (χ1) is 14.4. The van der Waals surface area contributed by atoms with Crippen molar-refractivity contribution < 1.29 is 17.9 Å². The van der Waals surface area contributed by atoms with Crippen molar-refractivity contribution >= 4 is 27.3 Å². The average Bonchev–Trinajstić information content (AvgIpc) is 2.74. The number of amides is 1. The molecule has 0 heterocycles. The lowest BCUT2D eigenvalue weighted by molar-refractivity contribution is -0.114. The SMILES string of the molecule is COCc1cccc(NC(=O)CN(c2ccccc2C)S(=O)(=O)c2ccccc2)c1. The Morgan fingerprint density at radius 2 is 1.67 bits per heavy atom. The number of ether oxygens (including phenoxy) is 1. The normalized spacial score (nSPS) is 11.1. The highest BCUT2D eigenvalue weighted by atomic mass is 32.2. The summed E-state index contributed by atoms with van der Waals surface area (Å²) in [6, 6.07) is 22.4. The molecule has 3 rings (SSSR count). The van der Waals surface area contributed by atoms with E-state index in [9.17, 15) is 13.2 Å². The Kier molecular flexibility index (Phi) is 6.87. The van der Waals surface area contributed by atoms with Crippen LogP contribution >= 0.6 is 0 Å². The molecule has 0 aliphatic rings. The van der Waals surface area contributed by atoms with Gasteiger partial charge in [0.05, 0.1) is 17.2 Å². The summed E-state index contributed by atoms with van der Waals surface area (Å²) >= 11 is 0. The third kappa shape index (κ3) is 5.06. The largest absolute Gasteiger partial charge is 0.380 e. The van der Waals surface area contributed by atoms with Crippen LogP contribution in [-0.2, 0) is 26.2 Å². The number of benzene rings is 3. The van der Waals surface area contributed by atoms with Gasteiger partial charge in [0, 0.05) is 12.8 Å². The number of carbonyl (C=O) groups excluding carboxylic acids is 1. The predicted molar refractivity (Wildman–Crippen MR) is 118 cm³/mol. The van der Waals surface area contributed by atoms with Crippen LogP contribution in [0.3, 0.4) is 0 Å². The number of sulfonamides is 1. The highest BCUT2D eigenvalue weighted by Gasteiger charge is 2.28. The van der Waals surface area contributed by atoms with Crippen LogP contribution in [0.2, 0.25) is 0 Å². The van der Waals surface area contributed by atoms with Gasteiger partial charge in [-0.15, -0.1) is 0 Å². The Balaban J connectivity index is 1.91. The van der Waals surface area contributed by atoms with E-state index in [1.165, 1.54) is 12.1 Å². The fourth-order valence-corrected chi connectivity index (χ4v) is 4.61. The maximum atomic E-state index is 13.3. The zero-order valence-corrected chi connectivity index (χ0v) is 17.7. The van der Waals surface area contributed by atoms with Gasteiger partial charge in [-0.25, -0.2) is 8.42 Å². The van der Waals surface area contributed by atoms with Gasteiger partial charge in [-0.1, -0.05) is 48.5 Å². The minimum Gasteiger partial charge on any atom is -0.380 e. The molecule has 3 aromatic carbocycles. The van der Waals surface area contributed by atoms with E-state index in [-0.39, 0.29) is 11.4 Å². The summed E-state index contributed by atoms with van der Waals surface area (Å²) in [7, 11) is -2.33. The summed E-state index contributed by atoms with van der Waals surface area (Å²) in [5.74, 6) is -0.438. The Morgan fingerprint density at radius 3 is 2.37 bits per heavy atom. The van der Waals surface area contributed by atoms with Crippen molar-refractivity contribution in [3.05, 3.63) is 90.0 Å². The highest BCUT2D eigenvalue weighted by Crippen LogP contribution is 2.26. The fourth-order valence-electron chi connectivity index (χ4n) is 3.10. The van der Waals surface area contributed by atoms with E-state index in [0.29, 0.717) is 18.0 Å². The molecule has 0 spiro atoms. The van der Waals surface area contributed by atoms with Crippen LogP contribution in [0.25, 0.3) is 0 Å². The first kappa shape index (κ1) is 21.5. The van der Waals surface area contributed by atoms with Crippen molar-refractivity contribution in [3.8, 4) is 0 Å². The van der Waals surface area contributed by atoms with Gasteiger partial charge < -0.3 is 10.1 Å².